The third-order valence-electron chi connectivity index (χ3n) is 7.14. The molecule has 2 aliphatic rings. The van der Waals surface area contributed by atoms with Crippen molar-refractivity contribution in [1.82, 2.24) is 20.4 Å². The summed E-state index contributed by atoms with van der Waals surface area (Å²) in [6.07, 6.45) is 4.10. The van der Waals surface area contributed by atoms with Gasteiger partial charge in [0.2, 0.25) is 0 Å². The number of rotatable bonds is 9. The monoisotopic (exact) mass is 535 g/mol. The molecule has 1 amide bonds. The Hall–Kier alpha value is -3.69. The lowest BCUT2D eigenvalue weighted by Gasteiger charge is -2.27. The van der Waals surface area contributed by atoms with E-state index in [1.165, 1.54) is 18.4 Å². The van der Waals surface area contributed by atoms with Crippen molar-refractivity contribution in [3.05, 3.63) is 106 Å². The van der Waals surface area contributed by atoms with Crippen molar-refractivity contribution < 1.29 is 18.0 Å². The first-order chi connectivity index (χ1) is 18.7. The first-order valence-corrected chi connectivity index (χ1v) is 13.2. The molecule has 2 aliphatic carbocycles. The fraction of sp³-hybridized carbons (Fsp3) is 0.333. The standard InChI is InChI=1S/C30H32F3N5O/c1-19-8-12-22(13-9-19)28(35-18-20-10-11-20)23-5-3-6-24(15-23)36-29(39)26-16-27(30(31,32)33)37-38(26)25-7-2-4-21(14-25)17-34/h2-9,12-14,16,20,24,28,35H,10-11,15,17-18,34H2,1H3,(H,36,39). The van der Waals surface area contributed by atoms with Crippen molar-refractivity contribution in [2.45, 2.75) is 51.0 Å². The number of benzene rings is 2. The maximum Gasteiger partial charge on any atom is 0.435 e. The maximum absolute atomic E-state index is 13.6. The summed E-state index contributed by atoms with van der Waals surface area (Å²) in [5.74, 6) is 0.0546. The lowest BCUT2D eigenvalue weighted by Crippen LogP contribution is -2.37. The highest BCUT2D eigenvalue weighted by Gasteiger charge is 2.36. The van der Waals surface area contributed by atoms with Crippen LogP contribution in [0.4, 0.5) is 13.2 Å². The molecule has 2 unspecified atom stereocenters. The van der Waals surface area contributed by atoms with Crippen LogP contribution in [0.2, 0.25) is 0 Å². The van der Waals surface area contributed by atoms with Gasteiger partial charge >= 0.3 is 6.18 Å². The number of hydrogen-bond acceptors (Lipinski definition) is 4. The SMILES string of the molecule is Cc1ccc(C(NCC2CC2)C2=CC=CC(NC(=O)c3cc(C(F)(F)F)nn3-c3cccc(CN)c3)C2)cc1. The Labute approximate surface area is 225 Å². The van der Waals surface area contributed by atoms with Gasteiger partial charge < -0.3 is 16.4 Å². The highest BCUT2D eigenvalue weighted by atomic mass is 19.4. The van der Waals surface area contributed by atoms with E-state index in [0.29, 0.717) is 23.6 Å². The number of carbonyl (C=O) groups is 1. The lowest BCUT2D eigenvalue weighted by molar-refractivity contribution is -0.141. The summed E-state index contributed by atoms with van der Waals surface area (Å²) >= 11 is 0. The minimum absolute atomic E-state index is 0.0167. The second-order valence-electron chi connectivity index (χ2n) is 10.3. The number of amides is 1. The summed E-state index contributed by atoms with van der Waals surface area (Å²) in [6, 6.07) is 15.4. The molecular weight excluding hydrogens is 503 g/mol. The number of allylic oxidation sites excluding steroid dienone is 2. The third kappa shape index (κ3) is 6.49. The highest BCUT2D eigenvalue weighted by molar-refractivity contribution is 5.93. The molecule has 6 nitrogen and oxygen atoms in total. The molecule has 0 radical (unpaired) electrons. The van der Waals surface area contributed by atoms with Gasteiger partial charge in [0.1, 0.15) is 5.69 Å². The molecule has 39 heavy (non-hydrogen) atoms. The summed E-state index contributed by atoms with van der Waals surface area (Å²) in [7, 11) is 0. The van der Waals surface area contributed by atoms with Gasteiger partial charge in [0.25, 0.3) is 5.91 Å². The van der Waals surface area contributed by atoms with Gasteiger partial charge in [-0.25, -0.2) is 4.68 Å². The van der Waals surface area contributed by atoms with Crippen LogP contribution in [0, 0.1) is 12.8 Å². The van der Waals surface area contributed by atoms with Crippen LogP contribution in [0.25, 0.3) is 5.69 Å². The van der Waals surface area contributed by atoms with Crippen LogP contribution in [0.3, 0.4) is 0 Å². The Morgan fingerprint density at radius 3 is 2.62 bits per heavy atom. The molecule has 0 aliphatic heterocycles. The number of hydrogen-bond donors (Lipinski definition) is 3. The van der Waals surface area contributed by atoms with E-state index in [0.717, 1.165) is 28.4 Å². The maximum atomic E-state index is 13.6. The minimum atomic E-state index is -4.69. The molecule has 1 aromatic heterocycles. The average Bonchev–Trinajstić information content (AvgIpc) is 3.63. The number of nitrogens with zero attached hydrogens (tertiary/aromatic N) is 2. The van der Waals surface area contributed by atoms with E-state index in [4.69, 9.17) is 5.73 Å². The first kappa shape index (κ1) is 26.9. The number of nitrogens with two attached hydrogens (primary N) is 1. The van der Waals surface area contributed by atoms with E-state index < -0.39 is 17.8 Å². The van der Waals surface area contributed by atoms with Crippen LogP contribution >= 0.6 is 0 Å². The Morgan fingerprint density at radius 1 is 1.15 bits per heavy atom. The average molecular weight is 536 g/mol. The van der Waals surface area contributed by atoms with Crippen LogP contribution < -0.4 is 16.4 Å². The first-order valence-electron chi connectivity index (χ1n) is 13.2. The fourth-order valence-corrected chi connectivity index (χ4v) is 4.78. The Bertz CT molecular complexity index is 1390. The fourth-order valence-electron chi connectivity index (χ4n) is 4.78. The molecule has 2 atom stereocenters. The number of halogens is 3. The number of carbonyl (C=O) groups excluding carboxylic acids is 1. The largest absolute Gasteiger partial charge is 0.435 e. The smallest absolute Gasteiger partial charge is 0.344 e. The molecule has 0 spiro atoms. The van der Waals surface area contributed by atoms with Gasteiger partial charge in [-0.05, 0) is 67.5 Å². The second-order valence-corrected chi connectivity index (χ2v) is 10.3. The van der Waals surface area contributed by atoms with E-state index >= 15 is 0 Å². The van der Waals surface area contributed by atoms with Crippen molar-refractivity contribution in [2.75, 3.05) is 6.54 Å². The van der Waals surface area contributed by atoms with Gasteiger partial charge in [0.05, 0.1) is 17.8 Å². The number of nitrogens with one attached hydrogen (secondary N) is 2. The summed E-state index contributed by atoms with van der Waals surface area (Å²) < 4.78 is 41.7. The summed E-state index contributed by atoms with van der Waals surface area (Å²) in [4.78, 5) is 13.4. The van der Waals surface area contributed by atoms with Crippen LogP contribution in [-0.4, -0.2) is 28.3 Å². The van der Waals surface area contributed by atoms with Crippen molar-refractivity contribution in [1.29, 1.82) is 0 Å². The predicted molar refractivity (Wildman–Crippen MR) is 144 cm³/mol. The lowest BCUT2D eigenvalue weighted by atomic mass is 9.89. The Balaban J connectivity index is 1.37. The van der Waals surface area contributed by atoms with E-state index in [2.05, 4.69) is 46.1 Å². The second kappa shape index (κ2) is 11.2. The molecule has 3 aromatic rings. The third-order valence-corrected chi connectivity index (χ3v) is 7.14. The number of aryl methyl sites for hydroxylation is 1. The van der Waals surface area contributed by atoms with Crippen molar-refractivity contribution in [2.24, 2.45) is 11.7 Å². The number of aromatic nitrogens is 2. The van der Waals surface area contributed by atoms with Gasteiger partial charge in [-0.3, -0.25) is 4.79 Å². The van der Waals surface area contributed by atoms with Crippen molar-refractivity contribution in [3.63, 3.8) is 0 Å². The molecular formula is C30H32F3N5O. The molecule has 1 saturated carbocycles. The zero-order valence-electron chi connectivity index (χ0n) is 21.7. The Morgan fingerprint density at radius 2 is 1.92 bits per heavy atom. The quantitative estimate of drug-likeness (QED) is 0.343. The summed E-state index contributed by atoms with van der Waals surface area (Å²) in [5, 5.41) is 10.3. The normalized spacial score (nSPS) is 18.1. The van der Waals surface area contributed by atoms with Crippen molar-refractivity contribution in [3.8, 4) is 5.69 Å². The predicted octanol–water partition coefficient (Wildman–Crippen LogP) is 5.38. The molecule has 4 N–H and O–H groups in total. The van der Waals surface area contributed by atoms with E-state index in [-0.39, 0.29) is 24.3 Å². The molecule has 204 valence electrons. The van der Waals surface area contributed by atoms with Gasteiger partial charge in [-0.15, -0.1) is 0 Å². The molecule has 1 fully saturated rings. The zero-order chi connectivity index (χ0) is 27.6. The zero-order valence-corrected chi connectivity index (χ0v) is 21.7. The highest BCUT2D eigenvalue weighted by Crippen LogP contribution is 2.33. The van der Waals surface area contributed by atoms with Gasteiger partial charge in [0, 0.05) is 12.6 Å². The van der Waals surface area contributed by atoms with Crippen LogP contribution in [-0.2, 0) is 12.7 Å². The molecule has 5 rings (SSSR count). The summed E-state index contributed by atoms with van der Waals surface area (Å²) in [5.41, 5.74) is 8.86. The van der Waals surface area contributed by atoms with E-state index in [1.807, 2.05) is 19.1 Å². The molecule has 2 aromatic carbocycles. The minimum Gasteiger partial charge on any atom is -0.344 e. The topological polar surface area (TPSA) is 85.0 Å². The molecule has 0 saturated heterocycles. The van der Waals surface area contributed by atoms with Gasteiger partial charge in [-0.2, -0.15) is 18.3 Å². The van der Waals surface area contributed by atoms with E-state index in [9.17, 15) is 18.0 Å². The molecule has 0 bridgehead atoms. The van der Waals surface area contributed by atoms with Crippen molar-refractivity contribution >= 4 is 5.91 Å². The van der Waals surface area contributed by atoms with E-state index in [1.54, 1.807) is 24.3 Å². The van der Waals surface area contributed by atoms with Crippen LogP contribution in [0.15, 0.2) is 78.4 Å². The summed E-state index contributed by atoms with van der Waals surface area (Å²) in [6.45, 7) is 3.17. The number of alkyl halides is 3. The molecule has 9 heteroatoms. The molecule has 1 heterocycles. The van der Waals surface area contributed by atoms with Crippen LogP contribution in [0.1, 0.15) is 58.2 Å². The van der Waals surface area contributed by atoms with Gasteiger partial charge in [-0.1, -0.05) is 60.2 Å². The Kier molecular flexibility index (Phi) is 7.72. The van der Waals surface area contributed by atoms with Gasteiger partial charge in [0.15, 0.2) is 5.69 Å². The van der Waals surface area contributed by atoms with Crippen LogP contribution in [0.5, 0.6) is 0 Å².